The summed E-state index contributed by atoms with van der Waals surface area (Å²) in [5.74, 6) is -0.434. The number of hydrogen-bond acceptors (Lipinski definition) is 2. The highest BCUT2D eigenvalue weighted by Crippen LogP contribution is 2.24. The lowest BCUT2D eigenvalue weighted by atomic mass is 9.91. The Hall–Kier alpha value is -0.930. The molecular weight excluding hydrogens is 265 g/mol. The number of benzene rings is 1. The zero-order chi connectivity index (χ0) is 14.6. The predicted molar refractivity (Wildman–Crippen MR) is 77.1 cm³/mol. The molecule has 106 valence electrons. The van der Waals surface area contributed by atoms with Gasteiger partial charge in [-0.05, 0) is 38.6 Å². The number of hydrogen-bond donors (Lipinski definition) is 0. The number of ketones is 1. The minimum Gasteiger partial charge on any atom is -0.297 e. The van der Waals surface area contributed by atoms with Crippen molar-refractivity contribution in [1.82, 2.24) is 4.90 Å². The van der Waals surface area contributed by atoms with Gasteiger partial charge in [-0.25, -0.2) is 4.39 Å². The first-order valence-electron chi connectivity index (χ1n) is 6.55. The van der Waals surface area contributed by atoms with Gasteiger partial charge in [0.1, 0.15) is 5.82 Å². The molecule has 0 fully saturated rings. The lowest BCUT2D eigenvalue weighted by molar-refractivity contribution is -0.128. The smallest absolute Gasteiger partial charge is 0.156 e. The topological polar surface area (TPSA) is 20.3 Å². The van der Waals surface area contributed by atoms with Gasteiger partial charge in [0.15, 0.2) is 5.78 Å². The van der Waals surface area contributed by atoms with E-state index >= 15 is 0 Å². The summed E-state index contributed by atoms with van der Waals surface area (Å²) in [5, 5.41) is 0.0474. The van der Waals surface area contributed by atoms with Gasteiger partial charge in [0, 0.05) is 6.42 Å². The van der Waals surface area contributed by atoms with Crippen LogP contribution in [0.2, 0.25) is 5.02 Å². The molecule has 19 heavy (non-hydrogen) atoms. The van der Waals surface area contributed by atoms with Crippen molar-refractivity contribution in [3.8, 4) is 0 Å². The van der Waals surface area contributed by atoms with E-state index in [1.807, 2.05) is 27.7 Å². The first-order chi connectivity index (χ1) is 8.84. The molecule has 0 bridgehead atoms. The number of Topliss-reactive ketones (excluding diaryl/α,β-unsaturated/α-hetero) is 1. The Kier molecular flexibility index (Phi) is 5.50. The largest absolute Gasteiger partial charge is 0.297 e. The third kappa shape index (κ3) is 3.54. The molecule has 0 aliphatic heterocycles. The number of carbonyl (C=O) groups is 1. The Bertz CT molecular complexity index is 455. The van der Waals surface area contributed by atoms with Gasteiger partial charge in [0.25, 0.3) is 0 Å². The highest BCUT2D eigenvalue weighted by molar-refractivity contribution is 6.31. The first kappa shape index (κ1) is 16.1. The van der Waals surface area contributed by atoms with Crippen molar-refractivity contribution in [3.05, 3.63) is 34.6 Å². The summed E-state index contributed by atoms with van der Waals surface area (Å²) in [6, 6.07) is 4.57. The van der Waals surface area contributed by atoms with Crippen molar-refractivity contribution in [2.75, 3.05) is 13.1 Å². The van der Waals surface area contributed by atoms with Crippen molar-refractivity contribution >= 4 is 17.4 Å². The van der Waals surface area contributed by atoms with Gasteiger partial charge >= 0.3 is 0 Å². The summed E-state index contributed by atoms with van der Waals surface area (Å²) in [6.07, 6.45) is 0.153. The van der Waals surface area contributed by atoms with Crippen LogP contribution in [0.25, 0.3) is 0 Å². The molecule has 0 unspecified atom stereocenters. The number of likely N-dealkylation sites (N-methyl/N-ethyl adjacent to an activating group) is 1. The fraction of sp³-hybridized carbons (Fsp3) is 0.533. The molecule has 0 heterocycles. The Morgan fingerprint density at radius 3 is 2.42 bits per heavy atom. The van der Waals surface area contributed by atoms with Crippen molar-refractivity contribution in [2.24, 2.45) is 0 Å². The molecule has 4 heteroatoms. The summed E-state index contributed by atoms with van der Waals surface area (Å²) in [5.41, 5.74) is -0.0222. The lowest BCUT2D eigenvalue weighted by Gasteiger charge is -2.35. The maximum atomic E-state index is 13.4. The quantitative estimate of drug-likeness (QED) is 0.794. The van der Waals surface area contributed by atoms with Crippen LogP contribution in [0.3, 0.4) is 0 Å². The average Bonchev–Trinajstić information content (AvgIpc) is 2.36. The molecule has 1 aromatic carbocycles. The van der Waals surface area contributed by atoms with E-state index in [9.17, 15) is 9.18 Å². The van der Waals surface area contributed by atoms with Crippen molar-refractivity contribution in [1.29, 1.82) is 0 Å². The normalized spacial score (nSPS) is 11.9. The van der Waals surface area contributed by atoms with E-state index < -0.39 is 11.4 Å². The van der Waals surface area contributed by atoms with E-state index in [4.69, 9.17) is 11.6 Å². The second-order valence-corrected chi connectivity index (χ2v) is 5.42. The molecule has 0 aliphatic carbocycles. The van der Waals surface area contributed by atoms with Gasteiger partial charge in [0.05, 0.1) is 10.6 Å². The van der Waals surface area contributed by atoms with E-state index in [0.717, 1.165) is 13.1 Å². The van der Waals surface area contributed by atoms with Gasteiger partial charge in [-0.15, -0.1) is 0 Å². The summed E-state index contributed by atoms with van der Waals surface area (Å²) >= 11 is 5.89. The van der Waals surface area contributed by atoms with Crippen LogP contribution in [-0.4, -0.2) is 29.3 Å². The molecular formula is C15H21ClFNO. The molecule has 0 radical (unpaired) electrons. The predicted octanol–water partition coefficient (Wildman–Crippen LogP) is 3.71. The van der Waals surface area contributed by atoms with Crippen molar-refractivity contribution < 1.29 is 9.18 Å². The number of carbonyl (C=O) groups excluding carboxylic acids is 1. The zero-order valence-electron chi connectivity index (χ0n) is 12.0. The highest BCUT2D eigenvalue weighted by Gasteiger charge is 2.32. The molecule has 1 rings (SSSR count). The Morgan fingerprint density at radius 2 is 1.89 bits per heavy atom. The second kappa shape index (κ2) is 6.49. The van der Waals surface area contributed by atoms with Gasteiger partial charge in [0.2, 0.25) is 0 Å². The van der Waals surface area contributed by atoms with Crippen LogP contribution < -0.4 is 0 Å². The zero-order valence-corrected chi connectivity index (χ0v) is 12.7. The Balaban J connectivity index is 2.93. The second-order valence-electron chi connectivity index (χ2n) is 5.04. The van der Waals surface area contributed by atoms with E-state index in [-0.39, 0.29) is 17.2 Å². The Morgan fingerprint density at radius 1 is 1.32 bits per heavy atom. The van der Waals surface area contributed by atoms with Crippen molar-refractivity contribution in [3.63, 3.8) is 0 Å². The number of halogens is 2. The molecule has 0 amide bonds. The summed E-state index contributed by atoms with van der Waals surface area (Å²) in [4.78, 5) is 14.5. The monoisotopic (exact) mass is 285 g/mol. The summed E-state index contributed by atoms with van der Waals surface area (Å²) < 4.78 is 13.4. The van der Waals surface area contributed by atoms with Crippen LogP contribution in [0, 0.1) is 5.82 Å². The van der Waals surface area contributed by atoms with E-state index in [1.54, 1.807) is 12.1 Å². The summed E-state index contributed by atoms with van der Waals surface area (Å²) in [7, 11) is 0. The number of nitrogens with zero attached hydrogens (tertiary/aromatic N) is 1. The molecule has 0 saturated carbocycles. The average molecular weight is 286 g/mol. The van der Waals surface area contributed by atoms with Gasteiger partial charge in [-0.1, -0.05) is 37.6 Å². The maximum absolute atomic E-state index is 13.4. The molecule has 0 aliphatic rings. The van der Waals surface area contributed by atoms with Crippen molar-refractivity contribution in [2.45, 2.75) is 39.7 Å². The first-order valence-corrected chi connectivity index (χ1v) is 6.93. The molecule has 1 aromatic rings. The highest BCUT2D eigenvalue weighted by atomic mass is 35.5. The molecule has 0 N–H and O–H groups in total. The number of rotatable bonds is 6. The SMILES string of the molecule is CCN(CC)C(C)(C)C(=O)Cc1cccc(F)c1Cl. The Labute approximate surface area is 119 Å². The molecule has 0 spiro atoms. The molecule has 0 saturated heterocycles. The van der Waals surface area contributed by atoms with E-state index in [1.165, 1.54) is 6.07 Å². The van der Waals surface area contributed by atoms with Crippen LogP contribution >= 0.6 is 11.6 Å². The van der Waals surface area contributed by atoms with Gasteiger partial charge in [-0.2, -0.15) is 0 Å². The third-order valence-electron chi connectivity index (χ3n) is 3.62. The maximum Gasteiger partial charge on any atom is 0.156 e. The fourth-order valence-electron chi connectivity index (χ4n) is 2.26. The standard InChI is InChI=1S/C15H21ClFNO/c1-5-18(6-2)15(3,4)13(19)10-11-8-7-9-12(17)14(11)16/h7-9H,5-6,10H2,1-4H3. The van der Waals surface area contributed by atoms with E-state index in [2.05, 4.69) is 4.90 Å². The third-order valence-corrected chi connectivity index (χ3v) is 4.04. The lowest BCUT2D eigenvalue weighted by Crippen LogP contribution is -2.50. The van der Waals surface area contributed by atoms with Gasteiger partial charge in [-0.3, -0.25) is 9.69 Å². The fourth-order valence-corrected chi connectivity index (χ4v) is 2.46. The van der Waals surface area contributed by atoms with Crippen LogP contribution in [-0.2, 0) is 11.2 Å². The van der Waals surface area contributed by atoms with Crippen LogP contribution in [0.1, 0.15) is 33.3 Å². The molecule has 0 aromatic heterocycles. The van der Waals surface area contributed by atoms with Crippen LogP contribution in [0.4, 0.5) is 4.39 Å². The van der Waals surface area contributed by atoms with Gasteiger partial charge < -0.3 is 0 Å². The molecule has 2 nitrogen and oxygen atoms in total. The molecule has 0 atom stereocenters. The van der Waals surface area contributed by atoms with E-state index in [0.29, 0.717) is 5.56 Å². The van der Waals surface area contributed by atoms with Crippen LogP contribution in [0.5, 0.6) is 0 Å². The summed E-state index contributed by atoms with van der Waals surface area (Å²) in [6.45, 7) is 9.44. The minimum atomic E-state index is -0.570. The van der Waals surface area contributed by atoms with Crippen LogP contribution in [0.15, 0.2) is 18.2 Å². The minimum absolute atomic E-state index is 0.0451.